The van der Waals surface area contributed by atoms with E-state index in [-0.39, 0.29) is 12.1 Å². The molecular weight excluding hydrogens is 298 g/mol. The first-order chi connectivity index (χ1) is 10.8. The number of ether oxygens (including phenoxy) is 1. The van der Waals surface area contributed by atoms with Crippen LogP contribution >= 0.6 is 11.3 Å². The highest BCUT2D eigenvalue weighted by Crippen LogP contribution is 2.19. The molecule has 22 heavy (non-hydrogen) atoms. The number of aromatic nitrogens is 1. The first kappa shape index (κ1) is 14.8. The van der Waals surface area contributed by atoms with Crippen molar-refractivity contribution >= 4 is 17.4 Å². The molecule has 0 unspecified atom stereocenters. The number of hydrogen-bond donors (Lipinski definition) is 1. The van der Waals surface area contributed by atoms with Crippen LogP contribution in [0.25, 0.3) is 0 Å². The molecule has 1 aromatic carbocycles. The van der Waals surface area contributed by atoms with Gasteiger partial charge in [0.2, 0.25) is 0 Å². The van der Waals surface area contributed by atoms with Crippen molar-refractivity contribution in [3.63, 3.8) is 0 Å². The molecule has 2 heterocycles. The zero-order chi connectivity index (χ0) is 15.2. The third kappa shape index (κ3) is 3.98. The van der Waals surface area contributed by atoms with E-state index in [0.717, 1.165) is 12.8 Å². The molecule has 1 fully saturated rings. The summed E-state index contributed by atoms with van der Waals surface area (Å²) in [6.45, 7) is 1.95. The van der Waals surface area contributed by atoms with Crippen molar-refractivity contribution in [1.82, 2.24) is 15.2 Å². The van der Waals surface area contributed by atoms with Crippen LogP contribution in [0.15, 0.2) is 41.9 Å². The average Bonchev–Trinajstić information content (AvgIpc) is 3.01. The molecule has 1 aliphatic heterocycles. The lowest BCUT2D eigenvalue weighted by Gasteiger charge is -2.38. The largest absolute Gasteiger partial charge is 0.463 e. The van der Waals surface area contributed by atoms with Gasteiger partial charge in [-0.15, -0.1) is 0 Å². The van der Waals surface area contributed by atoms with Crippen LogP contribution in [0.1, 0.15) is 12.0 Å². The summed E-state index contributed by atoms with van der Waals surface area (Å²) in [7, 11) is 0. The van der Waals surface area contributed by atoms with E-state index in [2.05, 4.69) is 22.4 Å². The van der Waals surface area contributed by atoms with Gasteiger partial charge in [-0.3, -0.25) is 0 Å². The van der Waals surface area contributed by atoms with Gasteiger partial charge in [0, 0.05) is 18.1 Å². The van der Waals surface area contributed by atoms with Gasteiger partial charge >= 0.3 is 6.03 Å². The highest BCUT2D eigenvalue weighted by atomic mass is 32.1. The standard InChI is InChI=1S/C16H19N3O2S/c20-15(17-8-4-7-13-5-2-1-3-6-13)19-11-14(12-19)21-16-18-9-10-22-16/h1-3,5-6,9-10,14H,4,7-8,11-12H2,(H,17,20). The molecule has 1 aliphatic rings. The second-order valence-electron chi connectivity index (χ2n) is 5.26. The number of carbonyl (C=O) groups is 1. The molecule has 0 atom stereocenters. The van der Waals surface area contributed by atoms with Crippen LogP contribution in [0.2, 0.25) is 0 Å². The maximum atomic E-state index is 11.9. The minimum absolute atomic E-state index is 0.00736. The summed E-state index contributed by atoms with van der Waals surface area (Å²) in [5.41, 5.74) is 1.30. The van der Waals surface area contributed by atoms with Crippen LogP contribution in [0, 0.1) is 0 Å². The summed E-state index contributed by atoms with van der Waals surface area (Å²) in [5, 5.41) is 5.51. The molecule has 0 bridgehead atoms. The first-order valence-corrected chi connectivity index (χ1v) is 8.32. The summed E-state index contributed by atoms with van der Waals surface area (Å²) >= 11 is 1.47. The highest BCUT2D eigenvalue weighted by molar-refractivity contribution is 7.11. The van der Waals surface area contributed by atoms with Gasteiger partial charge in [-0.05, 0) is 18.4 Å². The predicted octanol–water partition coefficient (Wildman–Crippen LogP) is 2.55. The molecule has 3 rings (SSSR count). The number of thiazole rings is 1. The van der Waals surface area contributed by atoms with E-state index in [9.17, 15) is 4.79 Å². The van der Waals surface area contributed by atoms with Crippen LogP contribution < -0.4 is 10.1 Å². The Morgan fingerprint density at radius 3 is 2.91 bits per heavy atom. The number of nitrogens with zero attached hydrogens (tertiary/aromatic N) is 2. The van der Waals surface area contributed by atoms with Crippen LogP contribution in [-0.2, 0) is 6.42 Å². The Bertz CT molecular complexity index is 583. The number of nitrogens with one attached hydrogen (secondary N) is 1. The molecule has 0 spiro atoms. The molecule has 5 nitrogen and oxygen atoms in total. The minimum Gasteiger partial charge on any atom is -0.463 e. The van der Waals surface area contributed by atoms with Gasteiger partial charge in [0.1, 0.15) is 6.10 Å². The van der Waals surface area contributed by atoms with Gasteiger partial charge in [0.15, 0.2) is 0 Å². The molecule has 6 heteroatoms. The summed E-state index contributed by atoms with van der Waals surface area (Å²) in [6.07, 6.45) is 3.72. The fourth-order valence-electron chi connectivity index (χ4n) is 2.33. The number of amides is 2. The third-order valence-corrected chi connectivity index (χ3v) is 4.23. The Morgan fingerprint density at radius 2 is 2.18 bits per heavy atom. The van der Waals surface area contributed by atoms with E-state index in [1.807, 2.05) is 23.6 Å². The SMILES string of the molecule is O=C(NCCCc1ccccc1)N1CC(Oc2nccs2)C1. The number of aryl methyl sites for hydroxylation is 1. The van der Waals surface area contributed by atoms with Crippen molar-refractivity contribution in [2.24, 2.45) is 0 Å². The Kier molecular flexibility index (Phi) is 4.90. The number of likely N-dealkylation sites (tertiary alicyclic amines) is 1. The zero-order valence-corrected chi connectivity index (χ0v) is 13.1. The summed E-state index contributed by atoms with van der Waals surface area (Å²) < 4.78 is 5.64. The van der Waals surface area contributed by atoms with Crippen LogP contribution in [0.5, 0.6) is 5.19 Å². The van der Waals surface area contributed by atoms with Crippen molar-refractivity contribution in [3.8, 4) is 5.19 Å². The monoisotopic (exact) mass is 317 g/mol. The molecule has 0 aliphatic carbocycles. The van der Waals surface area contributed by atoms with Gasteiger partial charge in [-0.1, -0.05) is 41.7 Å². The number of urea groups is 1. The molecule has 0 saturated carbocycles. The maximum Gasteiger partial charge on any atom is 0.317 e. The zero-order valence-electron chi connectivity index (χ0n) is 12.3. The topological polar surface area (TPSA) is 54.5 Å². The fraction of sp³-hybridized carbons (Fsp3) is 0.375. The van der Waals surface area contributed by atoms with Crippen LogP contribution in [-0.4, -0.2) is 41.7 Å². The van der Waals surface area contributed by atoms with E-state index < -0.39 is 0 Å². The van der Waals surface area contributed by atoms with Crippen LogP contribution in [0.3, 0.4) is 0 Å². The third-order valence-electron chi connectivity index (χ3n) is 3.57. The van der Waals surface area contributed by atoms with E-state index in [4.69, 9.17) is 4.74 Å². The molecule has 116 valence electrons. The molecule has 2 aromatic rings. The summed E-state index contributed by atoms with van der Waals surface area (Å²) in [4.78, 5) is 17.8. The first-order valence-electron chi connectivity index (χ1n) is 7.44. The number of carbonyl (C=O) groups excluding carboxylic acids is 1. The van der Waals surface area contributed by atoms with Crippen molar-refractivity contribution < 1.29 is 9.53 Å². The van der Waals surface area contributed by atoms with Crippen molar-refractivity contribution in [3.05, 3.63) is 47.5 Å². The molecule has 1 N–H and O–H groups in total. The van der Waals surface area contributed by atoms with Crippen molar-refractivity contribution in [1.29, 1.82) is 0 Å². The fourth-order valence-corrected chi connectivity index (χ4v) is 2.89. The number of rotatable bonds is 6. The highest BCUT2D eigenvalue weighted by Gasteiger charge is 2.32. The van der Waals surface area contributed by atoms with Crippen LogP contribution in [0.4, 0.5) is 4.79 Å². The lowest BCUT2D eigenvalue weighted by molar-refractivity contribution is 0.0443. The minimum atomic E-state index is -0.00736. The maximum absolute atomic E-state index is 11.9. The Balaban J connectivity index is 1.29. The van der Waals surface area contributed by atoms with Gasteiger partial charge < -0.3 is 15.0 Å². The predicted molar refractivity (Wildman–Crippen MR) is 86.3 cm³/mol. The average molecular weight is 317 g/mol. The lowest BCUT2D eigenvalue weighted by Crippen LogP contribution is -2.58. The second kappa shape index (κ2) is 7.26. The Hall–Kier alpha value is -2.08. The number of benzene rings is 1. The Morgan fingerprint density at radius 1 is 1.36 bits per heavy atom. The lowest BCUT2D eigenvalue weighted by atomic mass is 10.1. The molecule has 1 aromatic heterocycles. The molecule has 0 radical (unpaired) electrons. The van der Waals surface area contributed by atoms with Gasteiger partial charge in [0.05, 0.1) is 13.1 Å². The number of hydrogen-bond acceptors (Lipinski definition) is 4. The van der Waals surface area contributed by atoms with Gasteiger partial charge in [-0.25, -0.2) is 9.78 Å². The molecule has 2 amide bonds. The second-order valence-corrected chi connectivity index (χ2v) is 6.12. The smallest absolute Gasteiger partial charge is 0.317 e. The van der Waals surface area contributed by atoms with E-state index in [0.29, 0.717) is 24.8 Å². The summed E-state index contributed by atoms with van der Waals surface area (Å²) in [5.74, 6) is 0. The van der Waals surface area contributed by atoms with Gasteiger partial charge in [0.25, 0.3) is 5.19 Å². The summed E-state index contributed by atoms with van der Waals surface area (Å²) in [6, 6.07) is 10.3. The van der Waals surface area contributed by atoms with E-state index in [1.54, 1.807) is 11.1 Å². The quantitative estimate of drug-likeness (QED) is 0.833. The van der Waals surface area contributed by atoms with E-state index >= 15 is 0 Å². The van der Waals surface area contributed by atoms with Gasteiger partial charge in [-0.2, -0.15) is 0 Å². The molecular formula is C16H19N3O2S. The van der Waals surface area contributed by atoms with Crippen molar-refractivity contribution in [2.75, 3.05) is 19.6 Å². The Labute approximate surface area is 133 Å². The normalized spacial score (nSPS) is 14.5. The van der Waals surface area contributed by atoms with E-state index in [1.165, 1.54) is 16.9 Å². The van der Waals surface area contributed by atoms with Crippen molar-refractivity contribution in [2.45, 2.75) is 18.9 Å². The molecule has 1 saturated heterocycles.